The van der Waals surface area contributed by atoms with Crippen molar-refractivity contribution in [2.24, 2.45) is 0 Å². The fourth-order valence-corrected chi connectivity index (χ4v) is 1.56. The van der Waals surface area contributed by atoms with Gasteiger partial charge < -0.3 is 19.7 Å². The Bertz CT molecular complexity index is 316. The minimum Gasteiger partial charge on any atom is -0.550 e. The molecule has 0 aromatic carbocycles. The van der Waals surface area contributed by atoms with Crippen molar-refractivity contribution >= 4 is 12.1 Å². The van der Waals surface area contributed by atoms with Gasteiger partial charge in [0.1, 0.15) is 0 Å². The van der Waals surface area contributed by atoms with E-state index >= 15 is 0 Å². The van der Waals surface area contributed by atoms with Gasteiger partial charge in [-0.1, -0.05) is 0 Å². The maximum Gasteiger partial charge on any atom is 1.00 e. The molecule has 6 nitrogen and oxygen atoms in total. The van der Waals surface area contributed by atoms with Gasteiger partial charge in [0, 0.05) is 12.5 Å². The Morgan fingerprint density at radius 3 is 2.35 bits per heavy atom. The molecule has 0 aromatic heterocycles. The van der Waals surface area contributed by atoms with Crippen LogP contribution >= 0.6 is 0 Å². The van der Waals surface area contributed by atoms with E-state index in [4.69, 9.17) is 4.74 Å². The summed E-state index contributed by atoms with van der Waals surface area (Å²) >= 11 is 0. The first-order chi connectivity index (χ1) is 7.18. The minimum absolute atomic E-state index is 0. The third-order valence-corrected chi connectivity index (χ3v) is 2.99. The maximum atomic E-state index is 11.5. The number of hydrogen-bond acceptors (Lipinski definition) is 5. The summed E-state index contributed by atoms with van der Waals surface area (Å²) in [5, 5.41) is 20.4. The molecule has 0 aromatic rings. The normalized spacial score (nSPS) is 26.4. The van der Waals surface area contributed by atoms with Crippen molar-refractivity contribution in [1.82, 2.24) is 4.90 Å². The van der Waals surface area contributed by atoms with Crippen molar-refractivity contribution in [3.05, 3.63) is 0 Å². The zero-order chi connectivity index (χ0) is 12.6. The Labute approximate surface area is 122 Å². The minimum atomic E-state index is -1.43. The van der Waals surface area contributed by atoms with Gasteiger partial charge in [0.05, 0.1) is 0 Å². The molecule has 0 saturated carbocycles. The molecule has 1 aliphatic rings. The molecule has 92 valence electrons. The van der Waals surface area contributed by atoms with Crippen LogP contribution in [0.2, 0.25) is 0 Å². The van der Waals surface area contributed by atoms with Crippen LogP contribution in [0, 0.1) is 0 Å². The number of carbonyl (C=O) groups excluding carboxylic acids is 2. The van der Waals surface area contributed by atoms with Crippen LogP contribution in [0.1, 0.15) is 33.6 Å². The molecule has 1 rings (SSSR count). The number of cyclic esters (lactones) is 1. The van der Waals surface area contributed by atoms with E-state index in [0.29, 0.717) is 0 Å². The predicted molar refractivity (Wildman–Crippen MR) is 52.1 cm³/mol. The van der Waals surface area contributed by atoms with E-state index in [9.17, 15) is 19.8 Å². The smallest absolute Gasteiger partial charge is 0.550 e. The van der Waals surface area contributed by atoms with Gasteiger partial charge >= 0.3 is 35.7 Å². The molecular weight excluding hydrogens is 237 g/mol. The van der Waals surface area contributed by atoms with E-state index in [-0.39, 0.29) is 48.9 Å². The van der Waals surface area contributed by atoms with Gasteiger partial charge in [-0.3, -0.25) is 4.90 Å². The van der Waals surface area contributed by atoms with E-state index in [1.54, 1.807) is 13.8 Å². The van der Waals surface area contributed by atoms with Crippen molar-refractivity contribution in [1.29, 1.82) is 0 Å². The Balaban J connectivity index is 0.00000256. The first kappa shape index (κ1) is 16.7. The first-order valence-electron chi connectivity index (χ1n) is 5.11. The molecular formula is C10H16NNaO5. The van der Waals surface area contributed by atoms with Crippen LogP contribution in [0.4, 0.5) is 4.79 Å². The standard InChI is InChI=1S/C10H17NO5.Na/c1-9(2)10(3,15)11(8(14)16-9)6-4-5-7(12)13;/h15H,4-6H2,1-3H3,(H,12,13);/q;+1/p-1. The van der Waals surface area contributed by atoms with E-state index < -0.39 is 23.4 Å². The van der Waals surface area contributed by atoms with Crippen LogP contribution in [0.5, 0.6) is 0 Å². The molecule has 1 fully saturated rings. The molecule has 1 amide bonds. The summed E-state index contributed by atoms with van der Waals surface area (Å²) in [5.41, 5.74) is -2.44. The van der Waals surface area contributed by atoms with Crippen LogP contribution < -0.4 is 34.7 Å². The average molecular weight is 253 g/mol. The van der Waals surface area contributed by atoms with Crippen molar-refractivity contribution in [3.63, 3.8) is 0 Å². The van der Waals surface area contributed by atoms with Crippen LogP contribution in [0.3, 0.4) is 0 Å². The first-order valence-corrected chi connectivity index (χ1v) is 5.11. The summed E-state index contributed by atoms with van der Waals surface area (Å²) in [6.45, 7) is 4.80. The molecule has 7 heteroatoms. The number of hydrogen-bond donors (Lipinski definition) is 1. The second kappa shape index (κ2) is 5.56. The third-order valence-electron chi connectivity index (χ3n) is 2.99. The number of carboxylic acid groups (broad SMARTS) is 1. The topological polar surface area (TPSA) is 89.9 Å². The van der Waals surface area contributed by atoms with E-state index in [2.05, 4.69) is 0 Å². The summed E-state index contributed by atoms with van der Waals surface area (Å²) in [6, 6.07) is 0. The maximum absolute atomic E-state index is 11.5. The molecule has 0 radical (unpaired) electrons. The molecule has 0 aliphatic carbocycles. The number of amides is 1. The van der Waals surface area contributed by atoms with Crippen LogP contribution in [0.15, 0.2) is 0 Å². The van der Waals surface area contributed by atoms with E-state index in [1.807, 2.05) is 0 Å². The van der Waals surface area contributed by atoms with Gasteiger partial charge in [0.25, 0.3) is 0 Å². The summed E-state index contributed by atoms with van der Waals surface area (Å²) < 4.78 is 5.01. The molecule has 1 atom stereocenters. The summed E-state index contributed by atoms with van der Waals surface area (Å²) in [6.07, 6.45) is -0.558. The molecule has 17 heavy (non-hydrogen) atoms. The molecule has 1 unspecified atom stereocenters. The van der Waals surface area contributed by atoms with Gasteiger partial charge in [0.2, 0.25) is 0 Å². The fraction of sp³-hybridized carbons (Fsp3) is 0.800. The number of rotatable bonds is 4. The predicted octanol–water partition coefficient (Wildman–Crippen LogP) is -3.54. The molecule has 0 bridgehead atoms. The summed E-state index contributed by atoms with van der Waals surface area (Å²) in [7, 11) is 0. The monoisotopic (exact) mass is 253 g/mol. The molecule has 1 N–H and O–H groups in total. The molecule has 1 saturated heterocycles. The van der Waals surface area contributed by atoms with Crippen LogP contribution in [0.25, 0.3) is 0 Å². The zero-order valence-corrected chi connectivity index (χ0v) is 12.6. The van der Waals surface area contributed by atoms with E-state index in [0.717, 1.165) is 4.90 Å². The Morgan fingerprint density at radius 2 is 2.00 bits per heavy atom. The number of ether oxygens (including phenoxy) is 1. The number of carboxylic acids is 1. The van der Waals surface area contributed by atoms with Gasteiger partial charge in [-0.25, -0.2) is 4.79 Å². The second-order valence-corrected chi connectivity index (χ2v) is 4.53. The summed E-state index contributed by atoms with van der Waals surface area (Å²) in [4.78, 5) is 22.8. The van der Waals surface area contributed by atoms with Gasteiger partial charge in [-0.15, -0.1) is 0 Å². The SMILES string of the molecule is CC1(C)OC(=O)N(CCCC(=O)[O-])C1(C)O.[Na+]. The number of aliphatic hydroxyl groups is 1. The Morgan fingerprint density at radius 1 is 1.47 bits per heavy atom. The van der Waals surface area contributed by atoms with Gasteiger partial charge in [-0.05, 0) is 33.6 Å². The van der Waals surface area contributed by atoms with Crippen molar-refractivity contribution in [2.45, 2.75) is 44.9 Å². The fourth-order valence-electron chi connectivity index (χ4n) is 1.56. The van der Waals surface area contributed by atoms with Gasteiger partial charge in [-0.2, -0.15) is 0 Å². The van der Waals surface area contributed by atoms with Crippen molar-refractivity contribution < 1.29 is 54.1 Å². The van der Waals surface area contributed by atoms with Crippen LogP contribution in [-0.4, -0.2) is 39.9 Å². The second-order valence-electron chi connectivity index (χ2n) is 4.53. The molecule has 1 aliphatic heterocycles. The Hall–Kier alpha value is -0.300. The van der Waals surface area contributed by atoms with E-state index in [1.165, 1.54) is 6.92 Å². The largest absolute Gasteiger partial charge is 1.00 e. The zero-order valence-electron chi connectivity index (χ0n) is 10.6. The molecule has 1 heterocycles. The Kier molecular flexibility index (Phi) is 5.46. The third kappa shape index (κ3) is 3.34. The van der Waals surface area contributed by atoms with Crippen molar-refractivity contribution in [3.8, 4) is 0 Å². The average Bonchev–Trinajstić information content (AvgIpc) is 2.23. The van der Waals surface area contributed by atoms with Gasteiger partial charge in [0.15, 0.2) is 11.3 Å². The quantitative estimate of drug-likeness (QED) is 0.524. The number of aliphatic carboxylic acids is 1. The number of carbonyl (C=O) groups is 2. The molecule has 0 spiro atoms. The summed E-state index contributed by atoms with van der Waals surface area (Å²) in [5.74, 6) is -1.17. The number of nitrogens with zero attached hydrogens (tertiary/aromatic N) is 1. The van der Waals surface area contributed by atoms with Crippen molar-refractivity contribution in [2.75, 3.05) is 6.54 Å². The van der Waals surface area contributed by atoms with Crippen LogP contribution in [-0.2, 0) is 9.53 Å².